The van der Waals surface area contributed by atoms with Gasteiger partial charge in [0, 0.05) is 22.3 Å². The molecule has 6 heteroatoms. The molecular formula is C14H10Cl2N2O2. The molecule has 0 saturated heterocycles. The maximum Gasteiger partial charge on any atom is 0.249 e. The van der Waals surface area contributed by atoms with Crippen molar-refractivity contribution in [2.24, 2.45) is 11.5 Å². The standard InChI is InChI=1S/C14H10Cl2N2O2/c15-10-6-2-3-7(12(10)16)11-8(13(17)19)4-1-5-9(11)14(18)20/h1-6H,(H2,17,19)(H2,18,20). The monoisotopic (exact) mass is 308 g/mol. The van der Waals surface area contributed by atoms with Crippen molar-refractivity contribution in [2.45, 2.75) is 0 Å². The van der Waals surface area contributed by atoms with Crippen molar-refractivity contribution in [1.29, 1.82) is 0 Å². The summed E-state index contributed by atoms with van der Waals surface area (Å²) in [5.74, 6) is -1.36. The normalized spacial score (nSPS) is 10.3. The molecule has 0 fully saturated rings. The molecule has 20 heavy (non-hydrogen) atoms. The van der Waals surface area contributed by atoms with Crippen LogP contribution in [0.2, 0.25) is 10.0 Å². The van der Waals surface area contributed by atoms with Gasteiger partial charge in [0.05, 0.1) is 10.0 Å². The fraction of sp³-hybridized carbons (Fsp3) is 0. The Bertz CT molecular complexity index is 682. The minimum Gasteiger partial charge on any atom is -0.366 e. The number of halogens is 2. The molecule has 2 amide bonds. The van der Waals surface area contributed by atoms with Crippen LogP contribution in [0.1, 0.15) is 20.7 Å². The molecular weight excluding hydrogens is 299 g/mol. The largest absolute Gasteiger partial charge is 0.366 e. The van der Waals surface area contributed by atoms with Crippen LogP contribution in [0.25, 0.3) is 11.1 Å². The Balaban J connectivity index is 2.87. The summed E-state index contributed by atoms with van der Waals surface area (Å²) < 4.78 is 0. The van der Waals surface area contributed by atoms with E-state index in [0.29, 0.717) is 16.1 Å². The first kappa shape index (κ1) is 14.4. The number of primary amides is 2. The molecule has 0 saturated carbocycles. The third kappa shape index (κ3) is 2.48. The van der Waals surface area contributed by atoms with Gasteiger partial charge in [0.15, 0.2) is 0 Å². The van der Waals surface area contributed by atoms with E-state index in [-0.39, 0.29) is 16.1 Å². The van der Waals surface area contributed by atoms with Crippen LogP contribution in [0.5, 0.6) is 0 Å². The van der Waals surface area contributed by atoms with Gasteiger partial charge in [-0.2, -0.15) is 0 Å². The van der Waals surface area contributed by atoms with Crippen molar-refractivity contribution >= 4 is 35.0 Å². The van der Waals surface area contributed by atoms with Crippen LogP contribution < -0.4 is 11.5 Å². The smallest absolute Gasteiger partial charge is 0.249 e. The van der Waals surface area contributed by atoms with Gasteiger partial charge in [0.1, 0.15) is 0 Å². The van der Waals surface area contributed by atoms with Crippen molar-refractivity contribution in [1.82, 2.24) is 0 Å². The third-order valence-electron chi connectivity index (χ3n) is 2.82. The molecule has 0 heterocycles. The summed E-state index contributed by atoms with van der Waals surface area (Å²) >= 11 is 12.1. The topological polar surface area (TPSA) is 86.2 Å². The molecule has 0 unspecified atom stereocenters. The molecule has 4 N–H and O–H groups in total. The molecule has 0 bridgehead atoms. The first-order valence-corrected chi connectivity index (χ1v) is 6.36. The Hall–Kier alpha value is -2.04. The highest BCUT2D eigenvalue weighted by Gasteiger charge is 2.20. The first-order chi connectivity index (χ1) is 9.43. The summed E-state index contributed by atoms with van der Waals surface area (Å²) in [4.78, 5) is 23.1. The number of carbonyl (C=O) groups excluding carboxylic acids is 2. The lowest BCUT2D eigenvalue weighted by molar-refractivity contribution is 0.0999. The lowest BCUT2D eigenvalue weighted by Gasteiger charge is -2.13. The first-order valence-electron chi connectivity index (χ1n) is 5.60. The average molecular weight is 309 g/mol. The van der Waals surface area contributed by atoms with E-state index in [1.165, 1.54) is 18.2 Å². The van der Waals surface area contributed by atoms with Gasteiger partial charge in [-0.15, -0.1) is 0 Å². The summed E-state index contributed by atoms with van der Waals surface area (Å²) in [7, 11) is 0. The van der Waals surface area contributed by atoms with Gasteiger partial charge in [-0.25, -0.2) is 0 Å². The Labute approximate surface area is 125 Å². The van der Waals surface area contributed by atoms with E-state index >= 15 is 0 Å². The van der Waals surface area contributed by atoms with Gasteiger partial charge in [-0.3, -0.25) is 9.59 Å². The van der Waals surface area contributed by atoms with E-state index in [0.717, 1.165) is 0 Å². The van der Waals surface area contributed by atoms with Gasteiger partial charge in [0.25, 0.3) is 0 Å². The second kappa shape index (κ2) is 5.53. The molecule has 0 aliphatic heterocycles. The minimum absolute atomic E-state index is 0.158. The lowest BCUT2D eigenvalue weighted by Crippen LogP contribution is -2.18. The molecule has 2 rings (SSSR count). The molecule has 4 nitrogen and oxygen atoms in total. The highest BCUT2D eigenvalue weighted by Crippen LogP contribution is 2.37. The van der Waals surface area contributed by atoms with Crippen molar-refractivity contribution in [2.75, 3.05) is 0 Å². The number of amides is 2. The third-order valence-corrected chi connectivity index (χ3v) is 3.64. The quantitative estimate of drug-likeness (QED) is 0.913. The maximum absolute atomic E-state index is 11.6. The van der Waals surface area contributed by atoms with Crippen LogP contribution >= 0.6 is 23.2 Å². The highest BCUT2D eigenvalue weighted by molar-refractivity contribution is 6.44. The van der Waals surface area contributed by atoms with Crippen molar-refractivity contribution in [3.05, 3.63) is 57.6 Å². The Morgan fingerprint density at radius 1 is 0.850 bits per heavy atom. The Morgan fingerprint density at radius 2 is 1.35 bits per heavy atom. The van der Waals surface area contributed by atoms with Gasteiger partial charge in [-0.05, 0) is 18.2 Å². The number of carbonyl (C=O) groups is 2. The van der Waals surface area contributed by atoms with Gasteiger partial charge < -0.3 is 11.5 Å². The zero-order valence-corrected chi connectivity index (χ0v) is 11.7. The minimum atomic E-state index is -0.681. The zero-order valence-electron chi connectivity index (χ0n) is 10.2. The highest BCUT2D eigenvalue weighted by atomic mass is 35.5. The average Bonchev–Trinajstić information content (AvgIpc) is 2.41. The number of nitrogens with two attached hydrogens (primary N) is 2. The molecule has 0 spiro atoms. The molecule has 0 aliphatic carbocycles. The molecule has 2 aromatic rings. The van der Waals surface area contributed by atoms with Crippen LogP contribution in [-0.2, 0) is 0 Å². The summed E-state index contributed by atoms with van der Waals surface area (Å²) in [5, 5.41) is 0.532. The molecule has 0 atom stereocenters. The van der Waals surface area contributed by atoms with E-state index in [9.17, 15) is 9.59 Å². The van der Waals surface area contributed by atoms with Crippen LogP contribution in [0.3, 0.4) is 0 Å². The second-order valence-electron chi connectivity index (χ2n) is 4.06. The SMILES string of the molecule is NC(=O)c1cccc(C(N)=O)c1-c1cccc(Cl)c1Cl. The van der Waals surface area contributed by atoms with Crippen LogP contribution in [-0.4, -0.2) is 11.8 Å². The molecule has 0 aliphatic rings. The predicted molar refractivity (Wildman–Crippen MR) is 78.9 cm³/mol. The maximum atomic E-state index is 11.6. The van der Waals surface area contributed by atoms with Crippen molar-refractivity contribution in [3.8, 4) is 11.1 Å². The van der Waals surface area contributed by atoms with Crippen molar-refractivity contribution < 1.29 is 9.59 Å². The fourth-order valence-electron chi connectivity index (χ4n) is 1.95. The second-order valence-corrected chi connectivity index (χ2v) is 4.84. The number of hydrogen-bond acceptors (Lipinski definition) is 2. The molecule has 102 valence electrons. The zero-order chi connectivity index (χ0) is 14.9. The van der Waals surface area contributed by atoms with Crippen molar-refractivity contribution in [3.63, 3.8) is 0 Å². The number of rotatable bonds is 3. The fourth-order valence-corrected chi connectivity index (χ4v) is 2.35. The predicted octanol–water partition coefficient (Wildman–Crippen LogP) is 2.86. The van der Waals surface area contributed by atoms with E-state index in [1.807, 2.05) is 0 Å². The van der Waals surface area contributed by atoms with E-state index in [1.54, 1.807) is 18.2 Å². The van der Waals surface area contributed by atoms with Crippen LogP contribution in [0.15, 0.2) is 36.4 Å². The van der Waals surface area contributed by atoms with Gasteiger partial charge in [0.2, 0.25) is 11.8 Å². The summed E-state index contributed by atoms with van der Waals surface area (Å²) in [6, 6.07) is 9.43. The summed E-state index contributed by atoms with van der Waals surface area (Å²) in [6.07, 6.45) is 0. The molecule has 2 aromatic carbocycles. The van der Waals surface area contributed by atoms with Gasteiger partial charge >= 0.3 is 0 Å². The molecule has 0 aromatic heterocycles. The number of benzene rings is 2. The summed E-state index contributed by atoms with van der Waals surface area (Å²) in [6.45, 7) is 0. The van der Waals surface area contributed by atoms with Gasteiger partial charge in [-0.1, -0.05) is 41.4 Å². The van der Waals surface area contributed by atoms with E-state index in [2.05, 4.69) is 0 Å². The summed E-state index contributed by atoms with van der Waals surface area (Å²) in [5.41, 5.74) is 11.7. The number of hydrogen-bond donors (Lipinski definition) is 2. The van der Waals surface area contributed by atoms with E-state index in [4.69, 9.17) is 34.7 Å². The van der Waals surface area contributed by atoms with E-state index < -0.39 is 11.8 Å². The Kier molecular flexibility index (Phi) is 3.97. The lowest BCUT2D eigenvalue weighted by atomic mass is 9.93. The molecule has 0 radical (unpaired) electrons. The van der Waals surface area contributed by atoms with Crippen LogP contribution in [0, 0.1) is 0 Å². The van der Waals surface area contributed by atoms with Crippen LogP contribution in [0.4, 0.5) is 0 Å². The Morgan fingerprint density at radius 3 is 1.85 bits per heavy atom.